The summed E-state index contributed by atoms with van der Waals surface area (Å²) < 4.78 is 0. The molecule has 8 aromatic carbocycles. The van der Waals surface area contributed by atoms with Gasteiger partial charge in [0, 0.05) is 38.9 Å². The number of fused-ring (bicyclic) bond motifs is 11. The Kier molecular flexibility index (Phi) is 20.6. The van der Waals surface area contributed by atoms with E-state index in [1.54, 1.807) is 5.56 Å². The van der Waals surface area contributed by atoms with E-state index >= 15 is 0 Å². The first-order valence-electron chi connectivity index (χ1n) is 37.3. The number of pyridine rings is 2. The monoisotopic (exact) mass is 1240 g/mol. The van der Waals surface area contributed by atoms with Crippen molar-refractivity contribution in [2.75, 3.05) is 0 Å². The maximum Gasteiger partial charge on any atom is 0.179 e. The molecule has 482 valence electrons. The largest absolute Gasteiger partial charge is 0.254 e. The van der Waals surface area contributed by atoms with Crippen molar-refractivity contribution in [3.63, 3.8) is 0 Å². The highest BCUT2D eigenvalue weighted by atomic mass is 14.9. The number of rotatable bonds is 32. The zero-order chi connectivity index (χ0) is 64.4. The van der Waals surface area contributed by atoms with Crippen molar-refractivity contribution in [1.29, 1.82) is 0 Å². The summed E-state index contributed by atoms with van der Waals surface area (Å²) in [7, 11) is 0. The van der Waals surface area contributed by atoms with Crippen LogP contribution in [-0.4, -0.2) is 19.9 Å². The fourth-order valence-electron chi connectivity index (χ4n) is 16.8. The smallest absolute Gasteiger partial charge is 0.179 e. The average molecular weight is 1240 g/mol. The topological polar surface area (TPSA) is 51.6 Å². The first-order chi connectivity index (χ1) is 46.2. The lowest BCUT2D eigenvalue weighted by Gasteiger charge is -2.33. The number of unbranched alkanes of at least 4 members (excludes halogenated alkanes) is 20. The molecule has 0 N–H and O–H groups in total. The number of aryl methyl sites for hydroxylation is 2. The van der Waals surface area contributed by atoms with Crippen molar-refractivity contribution in [3.8, 4) is 67.4 Å². The zero-order valence-electron chi connectivity index (χ0n) is 57.8. The second-order valence-electron chi connectivity index (χ2n) is 28.7. The summed E-state index contributed by atoms with van der Waals surface area (Å²) >= 11 is 0. The molecule has 0 unspecified atom stereocenters. The van der Waals surface area contributed by atoms with Gasteiger partial charge in [0.15, 0.2) is 5.82 Å². The van der Waals surface area contributed by atoms with E-state index in [-0.39, 0.29) is 10.8 Å². The van der Waals surface area contributed by atoms with Gasteiger partial charge in [-0.1, -0.05) is 302 Å². The van der Waals surface area contributed by atoms with Crippen LogP contribution in [0.2, 0.25) is 0 Å². The molecule has 3 aromatic heterocycles. The van der Waals surface area contributed by atoms with Crippen LogP contribution in [0.3, 0.4) is 0 Å². The van der Waals surface area contributed by atoms with E-state index in [1.165, 1.54) is 250 Å². The Morgan fingerprint density at radius 1 is 0.277 bits per heavy atom. The van der Waals surface area contributed by atoms with E-state index in [0.717, 1.165) is 62.9 Å². The van der Waals surface area contributed by atoms with E-state index in [0.29, 0.717) is 5.82 Å². The van der Waals surface area contributed by atoms with E-state index in [1.807, 2.05) is 12.3 Å². The molecule has 4 heteroatoms. The molecule has 0 saturated carbocycles. The SMILES string of the molecule is CCCCCCCCC1(CCCCCCCC)c2cc(C)ccc2-c2ccc(-c3cc(-c4ccc5c(c4)C(CCCCCCCC)(CCCCCCCC)c4cc(-c6ccc7cc8cc(C)ccc8cc7c6)ccc4-5)nc(-c4ccc5ccc6cccnc6c5n4)n3)cc21. The zero-order valence-corrected chi connectivity index (χ0v) is 57.8. The lowest BCUT2D eigenvalue weighted by molar-refractivity contribution is 0.398. The van der Waals surface area contributed by atoms with Crippen molar-refractivity contribution in [2.45, 2.75) is 232 Å². The molecule has 13 rings (SSSR count). The third kappa shape index (κ3) is 13.6. The molecule has 0 fully saturated rings. The van der Waals surface area contributed by atoms with Crippen molar-refractivity contribution < 1.29 is 0 Å². The Hall–Kier alpha value is -7.82. The van der Waals surface area contributed by atoms with Gasteiger partial charge in [-0.3, -0.25) is 4.98 Å². The Morgan fingerprint density at radius 2 is 0.660 bits per heavy atom. The van der Waals surface area contributed by atoms with Crippen LogP contribution in [0.15, 0.2) is 170 Å². The molecular weight excluding hydrogens is 1140 g/mol. The Balaban J connectivity index is 0.961. The van der Waals surface area contributed by atoms with Gasteiger partial charge in [0.25, 0.3) is 0 Å². The van der Waals surface area contributed by atoms with Crippen molar-refractivity contribution in [3.05, 3.63) is 203 Å². The Labute approximate surface area is 563 Å². The molecule has 2 aliphatic carbocycles. The van der Waals surface area contributed by atoms with Gasteiger partial charge in [0.2, 0.25) is 0 Å². The summed E-state index contributed by atoms with van der Waals surface area (Å²) in [5, 5.41) is 7.32. The van der Waals surface area contributed by atoms with E-state index < -0.39 is 0 Å². The third-order valence-electron chi connectivity index (χ3n) is 22.0. The van der Waals surface area contributed by atoms with Gasteiger partial charge in [-0.2, -0.15) is 0 Å². The highest BCUT2D eigenvalue weighted by Crippen LogP contribution is 2.58. The quantitative estimate of drug-likeness (QED) is 0.0240. The van der Waals surface area contributed by atoms with Crippen molar-refractivity contribution in [1.82, 2.24) is 19.9 Å². The van der Waals surface area contributed by atoms with Crippen LogP contribution in [0.25, 0.3) is 111 Å². The van der Waals surface area contributed by atoms with Crippen molar-refractivity contribution in [2.24, 2.45) is 0 Å². The normalized spacial score (nSPS) is 13.5. The molecule has 2 aliphatic rings. The maximum absolute atomic E-state index is 5.71. The molecule has 0 aliphatic heterocycles. The summed E-state index contributed by atoms with van der Waals surface area (Å²) in [5.74, 6) is 0.643. The molecular formula is C90H102N4. The average Bonchev–Trinajstić information content (AvgIpc) is 1.56. The fraction of sp³-hybridized carbons (Fsp3) is 0.400. The van der Waals surface area contributed by atoms with Crippen LogP contribution in [0.5, 0.6) is 0 Å². The molecule has 0 amide bonds. The first kappa shape index (κ1) is 64.9. The molecule has 3 heterocycles. The van der Waals surface area contributed by atoms with Gasteiger partial charge in [-0.25, -0.2) is 15.0 Å². The number of aromatic nitrogens is 4. The van der Waals surface area contributed by atoms with Crippen LogP contribution in [-0.2, 0) is 10.8 Å². The van der Waals surface area contributed by atoms with E-state index in [4.69, 9.17) is 19.9 Å². The van der Waals surface area contributed by atoms with Gasteiger partial charge in [0.05, 0.1) is 22.4 Å². The Bertz CT molecular complexity index is 4420. The van der Waals surface area contributed by atoms with Crippen LogP contribution < -0.4 is 0 Å². The van der Waals surface area contributed by atoms with E-state index in [2.05, 4.69) is 199 Å². The van der Waals surface area contributed by atoms with Gasteiger partial charge < -0.3 is 0 Å². The molecule has 11 aromatic rings. The summed E-state index contributed by atoms with van der Waals surface area (Å²) in [6.07, 6.45) is 37.3. The minimum atomic E-state index is -0.160. The molecule has 0 bridgehead atoms. The van der Waals surface area contributed by atoms with Gasteiger partial charge >= 0.3 is 0 Å². The van der Waals surface area contributed by atoms with Crippen LogP contribution in [0.1, 0.15) is 241 Å². The number of nitrogens with zero attached hydrogens (tertiary/aromatic N) is 4. The number of hydrogen-bond acceptors (Lipinski definition) is 4. The summed E-state index contributed by atoms with van der Waals surface area (Å²) in [6.45, 7) is 13.8. The second kappa shape index (κ2) is 29.9. The Morgan fingerprint density at radius 3 is 1.19 bits per heavy atom. The summed E-state index contributed by atoms with van der Waals surface area (Å²) in [4.78, 5) is 21.8. The summed E-state index contributed by atoms with van der Waals surface area (Å²) in [6, 6.07) is 63.6. The maximum atomic E-state index is 5.71. The molecule has 0 radical (unpaired) electrons. The molecule has 0 saturated heterocycles. The highest BCUT2D eigenvalue weighted by Gasteiger charge is 2.44. The molecule has 4 nitrogen and oxygen atoms in total. The third-order valence-corrected chi connectivity index (χ3v) is 22.0. The summed E-state index contributed by atoms with van der Waals surface area (Å²) in [5.41, 5.74) is 23.4. The fourth-order valence-corrected chi connectivity index (χ4v) is 16.8. The molecule has 0 atom stereocenters. The van der Waals surface area contributed by atoms with Crippen LogP contribution >= 0.6 is 0 Å². The number of benzene rings is 8. The predicted molar refractivity (Wildman–Crippen MR) is 403 cm³/mol. The lowest BCUT2D eigenvalue weighted by Crippen LogP contribution is -2.26. The molecule has 0 spiro atoms. The predicted octanol–water partition coefficient (Wildman–Crippen LogP) is 26.7. The second-order valence-corrected chi connectivity index (χ2v) is 28.7. The van der Waals surface area contributed by atoms with Gasteiger partial charge in [0.1, 0.15) is 5.69 Å². The minimum absolute atomic E-state index is 0.0680. The van der Waals surface area contributed by atoms with Gasteiger partial charge in [-0.15, -0.1) is 0 Å². The first-order valence-corrected chi connectivity index (χ1v) is 37.3. The van der Waals surface area contributed by atoms with E-state index in [9.17, 15) is 0 Å². The lowest BCUT2D eigenvalue weighted by atomic mass is 9.70. The van der Waals surface area contributed by atoms with Crippen molar-refractivity contribution >= 4 is 43.4 Å². The van der Waals surface area contributed by atoms with Gasteiger partial charge in [-0.05, 0) is 171 Å². The minimum Gasteiger partial charge on any atom is -0.254 e. The van der Waals surface area contributed by atoms with Crippen LogP contribution in [0, 0.1) is 13.8 Å². The highest BCUT2D eigenvalue weighted by molar-refractivity contribution is 6.03. The van der Waals surface area contributed by atoms with Crippen LogP contribution in [0.4, 0.5) is 0 Å². The number of hydrogen-bond donors (Lipinski definition) is 0. The standard InChI is InChI=1S/C90H102N4/c1-7-11-15-19-23-27-49-89(50-28-24-20-16-12-8-2)79-55-64(6)34-44-75(79)77-46-41-71(60-81(77)89)84-62-85(94-88(93-84)83-48-43-66-37-36-65-32-31-53-91-86(65)87(66)92-83)72-42-47-78-76-45-40-70(67-38-39-69-57-73-54-63(5)33-35-68(73)58-74(69)56-67)59-80(76)90(82(78)61-72,51-29-25-21-17-13-9-3)52-30-26-22-18-14-10-4/h31-48,53-62H,7-30,49-52H2,1-6H3. The molecule has 94 heavy (non-hydrogen) atoms.